The van der Waals surface area contributed by atoms with Crippen LogP contribution in [0.15, 0.2) is 47.7 Å². The molecular weight excluding hydrogens is 342 g/mol. The van der Waals surface area contributed by atoms with Crippen molar-refractivity contribution in [3.05, 3.63) is 63.8 Å². The highest BCUT2D eigenvalue weighted by atomic mass is 16.6. The molecule has 140 valence electrons. The van der Waals surface area contributed by atoms with Crippen molar-refractivity contribution >= 4 is 29.0 Å². The fourth-order valence-electron chi connectivity index (χ4n) is 3.49. The normalized spacial score (nSPS) is 15.4. The van der Waals surface area contributed by atoms with E-state index in [1.165, 1.54) is 35.2 Å². The second-order valence-corrected chi connectivity index (χ2v) is 7.03. The SMILES string of the molecule is CCN1c2ccc(/C=N/Nc3ccc([N+](=O)[O-])cn3)cc2C(C)=CC1(C)C. The maximum atomic E-state index is 10.6. The van der Waals surface area contributed by atoms with Crippen LogP contribution in [-0.2, 0) is 0 Å². The number of hydrazone groups is 1. The zero-order chi connectivity index (χ0) is 19.6. The molecule has 0 fully saturated rings. The van der Waals surface area contributed by atoms with E-state index in [9.17, 15) is 10.1 Å². The maximum Gasteiger partial charge on any atom is 0.287 e. The van der Waals surface area contributed by atoms with Gasteiger partial charge < -0.3 is 4.90 Å². The minimum atomic E-state index is -0.482. The lowest BCUT2D eigenvalue weighted by Crippen LogP contribution is -2.44. The standard InChI is InChI=1S/C20H23N5O2/c1-5-24-18-8-6-15(10-17(18)14(2)11-20(24,3)4)12-22-23-19-9-7-16(13-21-19)25(26)27/h6-13H,5H2,1-4H3,(H,21,23)/b22-12+. The molecule has 0 aliphatic carbocycles. The molecule has 0 bridgehead atoms. The van der Waals surface area contributed by atoms with Gasteiger partial charge in [0, 0.05) is 23.9 Å². The van der Waals surface area contributed by atoms with E-state index in [2.05, 4.69) is 66.3 Å². The quantitative estimate of drug-likeness (QED) is 0.480. The van der Waals surface area contributed by atoms with Crippen molar-refractivity contribution in [3.8, 4) is 0 Å². The molecule has 1 N–H and O–H groups in total. The molecule has 1 aliphatic rings. The van der Waals surface area contributed by atoms with Gasteiger partial charge in [0.05, 0.1) is 16.7 Å². The molecule has 0 atom stereocenters. The van der Waals surface area contributed by atoms with Gasteiger partial charge in [-0.05, 0) is 57.0 Å². The van der Waals surface area contributed by atoms with E-state index in [-0.39, 0.29) is 11.2 Å². The van der Waals surface area contributed by atoms with Crippen molar-refractivity contribution in [1.82, 2.24) is 4.98 Å². The smallest absolute Gasteiger partial charge is 0.287 e. The predicted octanol–water partition coefficient (Wildman–Crippen LogP) is 4.46. The van der Waals surface area contributed by atoms with E-state index < -0.39 is 4.92 Å². The summed E-state index contributed by atoms with van der Waals surface area (Å²) in [5, 5.41) is 14.8. The highest BCUT2D eigenvalue weighted by Crippen LogP contribution is 2.38. The number of likely N-dealkylation sites (N-methyl/N-ethyl adjacent to an activating group) is 1. The van der Waals surface area contributed by atoms with Gasteiger partial charge >= 0.3 is 0 Å². The van der Waals surface area contributed by atoms with E-state index in [4.69, 9.17) is 0 Å². The molecule has 2 aromatic rings. The number of allylic oxidation sites excluding steroid dienone is 1. The molecule has 0 saturated carbocycles. The van der Waals surface area contributed by atoms with Gasteiger partial charge in [0.1, 0.15) is 12.0 Å². The minimum absolute atomic E-state index is 0.00934. The van der Waals surface area contributed by atoms with Crippen LogP contribution in [0.2, 0.25) is 0 Å². The summed E-state index contributed by atoms with van der Waals surface area (Å²) in [6, 6.07) is 9.19. The Morgan fingerprint density at radius 2 is 2.11 bits per heavy atom. The molecule has 7 nitrogen and oxygen atoms in total. The molecule has 1 aromatic heterocycles. The summed E-state index contributed by atoms with van der Waals surface area (Å²) in [5.74, 6) is 0.449. The maximum absolute atomic E-state index is 10.6. The van der Waals surface area contributed by atoms with E-state index in [1.807, 2.05) is 6.07 Å². The predicted molar refractivity (Wildman–Crippen MR) is 109 cm³/mol. The number of nitrogens with one attached hydrogen (secondary N) is 1. The summed E-state index contributed by atoms with van der Waals surface area (Å²) in [6.07, 6.45) is 5.21. The topological polar surface area (TPSA) is 83.7 Å². The summed E-state index contributed by atoms with van der Waals surface area (Å²) < 4.78 is 0. The number of hydrogen-bond acceptors (Lipinski definition) is 6. The van der Waals surface area contributed by atoms with Crippen molar-refractivity contribution in [3.63, 3.8) is 0 Å². The Hall–Kier alpha value is -3.22. The Labute approximate surface area is 158 Å². The highest BCUT2D eigenvalue weighted by Gasteiger charge is 2.29. The van der Waals surface area contributed by atoms with E-state index in [0.717, 1.165) is 12.1 Å². The molecule has 0 radical (unpaired) electrons. The third-order valence-electron chi connectivity index (χ3n) is 4.67. The first-order chi connectivity index (χ1) is 12.8. The number of fused-ring (bicyclic) bond motifs is 1. The molecule has 27 heavy (non-hydrogen) atoms. The monoisotopic (exact) mass is 365 g/mol. The van der Waals surface area contributed by atoms with Crippen LogP contribution in [-0.4, -0.2) is 28.2 Å². The first-order valence-corrected chi connectivity index (χ1v) is 8.83. The molecule has 0 spiro atoms. The van der Waals surface area contributed by atoms with Gasteiger partial charge in [0.25, 0.3) is 5.69 Å². The molecular formula is C20H23N5O2. The van der Waals surface area contributed by atoms with Crippen molar-refractivity contribution in [2.45, 2.75) is 33.2 Å². The summed E-state index contributed by atoms with van der Waals surface area (Å²) in [7, 11) is 0. The first-order valence-electron chi connectivity index (χ1n) is 8.83. The van der Waals surface area contributed by atoms with E-state index in [1.54, 1.807) is 6.21 Å². The Morgan fingerprint density at radius 1 is 1.33 bits per heavy atom. The van der Waals surface area contributed by atoms with Gasteiger partial charge in [-0.3, -0.25) is 15.5 Å². The van der Waals surface area contributed by atoms with Gasteiger partial charge in [0.15, 0.2) is 0 Å². The third kappa shape index (κ3) is 3.81. The number of anilines is 2. The summed E-state index contributed by atoms with van der Waals surface area (Å²) in [6.45, 7) is 9.67. The molecule has 3 rings (SSSR count). The van der Waals surface area contributed by atoms with Gasteiger partial charge in [-0.25, -0.2) is 4.98 Å². The Bertz CT molecular complexity index is 916. The van der Waals surface area contributed by atoms with Crippen molar-refractivity contribution in [1.29, 1.82) is 0 Å². The van der Waals surface area contributed by atoms with Crippen LogP contribution in [0.4, 0.5) is 17.2 Å². The van der Waals surface area contributed by atoms with Gasteiger partial charge in [0.2, 0.25) is 0 Å². The fraction of sp³-hybridized carbons (Fsp3) is 0.300. The van der Waals surface area contributed by atoms with Gasteiger partial charge in [-0.1, -0.05) is 12.1 Å². The van der Waals surface area contributed by atoms with Crippen LogP contribution in [0, 0.1) is 10.1 Å². The number of pyridine rings is 1. The Kier molecular flexibility index (Phi) is 4.94. The number of nitrogens with zero attached hydrogens (tertiary/aromatic N) is 4. The zero-order valence-corrected chi connectivity index (χ0v) is 15.9. The van der Waals surface area contributed by atoms with Crippen molar-refractivity contribution < 1.29 is 4.92 Å². The average Bonchev–Trinajstić information content (AvgIpc) is 2.62. The Balaban J connectivity index is 1.78. The zero-order valence-electron chi connectivity index (χ0n) is 15.9. The highest BCUT2D eigenvalue weighted by molar-refractivity contribution is 5.88. The third-order valence-corrected chi connectivity index (χ3v) is 4.67. The van der Waals surface area contributed by atoms with E-state index in [0.29, 0.717) is 5.82 Å². The average molecular weight is 365 g/mol. The molecule has 0 saturated heterocycles. The summed E-state index contributed by atoms with van der Waals surface area (Å²) >= 11 is 0. The van der Waals surface area contributed by atoms with Gasteiger partial charge in [-0.15, -0.1) is 0 Å². The molecule has 2 heterocycles. The van der Waals surface area contributed by atoms with Crippen LogP contribution in [0.25, 0.3) is 5.57 Å². The second kappa shape index (κ2) is 7.19. The first kappa shape index (κ1) is 18.6. The van der Waals surface area contributed by atoms with Crippen LogP contribution >= 0.6 is 0 Å². The molecule has 7 heteroatoms. The second-order valence-electron chi connectivity index (χ2n) is 7.03. The van der Waals surface area contributed by atoms with Crippen LogP contribution in [0.3, 0.4) is 0 Å². The molecule has 1 aliphatic heterocycles. The largest absolute Gasteiger partial charge is 0.363 e. The molecule has 1 aromatic carbocycles. The van der Waals surface area contributed by atoms with Crippen LogP contribution < -0.4 is 10.3 Å². The fourth-order valence-corrected chi connectivity index (χ4v) is 3.49. The molecule has 0 unspecified atom stereocenters. The minimum Gasteiger partial charge on any atom is -0.363 e. The van der Waals surface area contributed by atoms with E-state index >= 15 is 0 Å². The lowest BCUT2D eigenvalue weighted by molar-refractivity contribution is -0.385. The number of rotatable bonds is 5. The lowest BCUT2D eigenvalue weighted by Gasteiger charge is -2.42. The van der Waals surface area contributed by atoms with Gasteiger partial charge in [-0.2, -0.15) is 5.10 Å². The number of benzene rings is 1. The molecule has 0 amide bonds. The number of aromatic nitrogens is 1. The summed E-state index contributed by atoms with van der Waals surface area (Å²) in [4.78, 5) is 16.5. The van der Waals surface area contributed by atoms with Crippen molar-refractivity contribution in [2.75, 3.05) is 16.9 Å². The van der Waals surface area contributed by atoms with Crippen LogP contribution in [0.1, 0.15) is 38.8 Å². The lowest BCUT2D eigenvalue weighted by atomic mass is 9.88. The Morgan fingerprint density at radius 3 is 2.74 bits per heavy atom. The number of hydrogen-bond donors (Lipinski definition) is 1. The number of nitro groups is 1. The van der Waals surface area contributed by atoms with Crippen molar-refractivity contribution in [2.24, 2.45) is 5.10 Å². The van der Waals surface area contributed by atoms with Crippen LogP contribution in [0.5, 0.6) is 0 Å². The summed E-state index contributed by atoms with van der Waals surface area (Å²) in [5.41, 5.74) is 7.38.